The highest BCUT2D eigenvalue weighted by Gasteiger charge is 2.64. The van der Waals surface area contributed by atoms with E-state index >= 15 is 0 Å². The Labute approximate surface area is 193 Å². The number of phosphoric acid groups is 1. The van der Waals surface area contributed by atoms with Gasteiger partial charge in [-0.3, -0.25) is 0 Å². The highest BCUT2D eigenvalue weighted by molar-refractivity contribution is 9.11. The molecule has 9 heteroatoms. The lowest BCUT2D eigenvalue weighted by Gasteiger charge is -2.54. The molecule has 0 saturated heterocycles. The summed E-state index contributed by atoms with van der Waals surface area (Å²) in [4.78, 5) is 0. The minimum atomic E-state index is -3.94. The van der Waals surface area contributed by atoms with Crippen molar-refractivity contribution in [1.82, 2.24) is 0 Å². The van der Waals surface area contributed by atoms with E-state index in [2.05, 4.69) is 68.3 Å². The highest BCUT2D eigenvalue weighted by atomic mass is 79.9. The molecule has 0 saturated carbocycles. The van der Waals surface area contributed by atoms with E-state index in [1.54, 1.807) is 24.3 Å². The summed E-state index contributed by atoms with van der Waals surface area (Å²) < 4.78 is 32.2. The van der Waals surface area contributed by atoms with E-state index in [0.29, 0.717) is 11.5 Å². The molecule has 0 atom stereocenters. The molecule has 0 aliphatic heterocycles. The Morgan fingerprint density at radius 1 is 0.700 bits per heavy atom. The second kappa shape index (κ2) is 9.08. The number of benzene rings is 2. The summed E-state index contributed by atoms with van der Waals surface area (Å²) in [5.74, 6) is 0.922. The van der Waals surface area contributed by atoms with Crippen LogP contribution in [0.5, 0.6) is 11.5 Å². The Kier molecular flexibility index (Phi) is 7.75. The summed E-state index contributed by atoms with van der Waals surface area (Å²) in [7, 11) is -10.2. The van der Waals surface area contributed by atoms with Gasteiger partial charge in [-0.1, -0.05) is 91.6 Å². The van der Waals surface area contributed by atoms with Gasteiger partial charge in [0.05, 0.1) is 16.1 Å². The van der Waals surface area contributed by atoms with Crippen molar-refractivity contribution in [3.8, 4) is 11.5 Å². The van der Waals surface area contributed by atoms with Crippen LogP contribution in [0, 0.1) is 0 Å². The van der Waals surface area contributed by atoms with Crippen molar-refractivity contribution in [3.05, 3.63) is 60.7 Å². The summed E-state index contributed by atoms with van der Waals surface area (Å²) in [5.41, 5.74) is 0. The van der Waals surface area contributed by atoms with Crippen LogP contribution in [0.15, 0.2) is 60.7 Å². The van der Waals surface area contributed by atoms with Crippen LogP contribution >= 0.6 is 23.8 Å². The molecule has 0 aromatic heterocycles. The number of para-hydroxylation sites is 2. The van der Waals surface area contributed by atoms with Crippen LogP contribution in [0.25, 0.3) is 0 Å². The molecule has 0 aliphatic rings. The van der Waals surface area contributed by atoms with Crippen molar-refractivity contribution < 1.29 is 17.8 Å². The van der Waals surface area contributed by atoms with Gasteiger partial charge in [-0.05, 0) is 37.4 Å². The first-order valence-corrected chi connectivity index (χ1v) is 22.3. The van der Waals surface area contributed by atoms with Gasteiger partial charge in [-0.15, -0.1) is 0 Å². The molecule has 4 nitrogen and oxygen atoms in total. The fraction of sp³-hybridized carbons (Fsp3) is 0.429. The summed E-state index contributed by atoms with van der Waals surface area (Å²) in [6, 6.07) is 18.2. The van der Waals surface area contributed by atoms with Gasteiger partial charge in [0.25, 0.3) is 0 Å². The summed E-state index contributed by atoms with van der Waals surface area (Å²) in [6.07, 6.45) is 0. The number of hydrogen-bond donors (Lipinski definition) is 0. The zero-order chi connectivity index (χ0) is 22.8. The van der Waals surface area contributed by atoms with Crippen LogP contribution in [-0.2, 0) is 8.78 Å². The quantitative estimate of drug-likeness (QED) is 0.183. The van der Waals surface area contributed by atoms with Gasteiger partial charge in [0.2, 0.25) is 8.32 Å². The molecule has 2 aromatic carbocycles. The van der Waals surface area contributed by atoms with E-state index in [4.69, 9.17) is 13.3 Å². The zero-order valence-electron chi connectivity index (χ0n) is 19.2. The third-order valence-corrected chi connectivity index (χ3v) is 37.2. The topological polar surface area (TPSA) is 44.8 Å². The smallest absolute Gasteiger partial charge is 0.396 e. The monoisotopic (exact) mass is 544 g/mol. The van der Waals surface area contributed by atoms with Crippen LogP contribution < -0.4 is 9.05 Å². The van der Waals surface area contributed by atoms with Crippen LogP contribution in [0.1, 0.15) is 0 Å². The molecule has 30 heavy (non-hydrogen) atoms. The lowest BCUT2D eigenvalue weighted by atomic mass is 10.3. The van der Waals surface area contributed by atoms with Crippen molar-refractivity contribution >= 4 is 48.2 Å². The maximum Gasteiger partial charge on any atom is 0.577 e. The third-order valence-electron chi connectivity index (χ3n) is 5.16. The molecule has 2 rings (SSSR count). The predicted octanol–water partition coefficient (Wildman–Crippen LogP) is 7.90. The van der Waals surface area contributed by atoms with Crippen LogP contribution in [-0.4, -0.2) is 27.7 Å². The number of alkyl halides is 1. The molecule has 0 N–H and O–H groups in total. The molecule has 0 fully saturated rings. The van der Waals surface area contributed by atoms with Gasteiger partial charge >= 0.3 is 7.82 Å². The second-order valence-electron chi connectivity index (χ2n) is 10.0. The number of halogens is 1. The van der Waals surface area contributed by atoms with Gasteiger partial charge in [-0.25, -0.2) is 4.57 Å². The Hall–Kier alpha value is -0.639. The molecular formula is C21H34BrO4PSi3. The zero-order valence-corrected chi connectivity index (χ0v) is 24.7. The van der Waals surface area contributed by atoms with Crippen molar-refractivity contribution in [2.45, 2.75) is 55.6 Å². The van der Waals surface area contributed by atoms with E-state index in [1.165, 1.54) is 0 Å². The SMILES string of the molecule is C[Si](C)(C)C(Br)([Si](C)(C)C)[Si](C)(C)OP(=O)(Oc1ccccc1)Oc1ccccc1. The molecule has 166 valence electrons. The van der Waals surface area contributed by atoms with E-state index in [9.17, 15) is 4.57 Å². The maximum absolute atomic E-state index is 14.0. The number of phosphoric ester groups is 1. The van der Waals surface area contributed by atoms with Crippen molar-refractivity contribution in [3.63, 3.8) is 0 Å². The van der Waals surface area contributed by atoms with Gasteiger partial charge in [0, 0.05) is 3.19 Å². The average molecular weight is 546 g/mol. The standard InChI is InChI=1S/C21H34BrO4PSi3/c1-28(2,3)21(22,29(4,5)6)30(7,8)26-27(23,24-19-15-11-9-12-16-19)25-20-17-13-10-14-18-20/h9-18H,1-8H3. The Bertz CT molecular complexity index is 821. The van der Waals surface area contributed by atoms with Crippen molar-refractivity contribution in [2.24, 2.45) is 0 Å². The van der Waals surface area contributed by atoms with Gasteiger partial charge in [0.15, 0.2) is 0 Å². The molecule has 2 aromatic rings. The van der Waals surface area contributed by atoms with E-state index in [-0.39, 0.29) is 3.19 Å². The Morgan fingerprint density at radius 3 is 1.33 bits per heavy atom. The lowest BCUT2D eigenvalue weighted by Crippen LogP contribution is -2.75. The molecule has 0 aliphatic carbocycles. The molecule has 0 bridgehead atoms. The summed E-state index contributed by atoms with van der Waals surface area (Å²) in [6.45, 7) is 18.3. The van der Waals surface area contributed by atoms with Crippen LogP contribution in [0.3, 0.4) is 0 Å². The van der Waals surface area contributed by atoms with Crippen LogP contribution in [0.2, 0.25) is 52.4 Å². The second-order valence-corrected chi connectivity index (χ2v) is 31.2. The minimum absolute atomic E-state index is 0.157. The largest absolute Gasteiger partial charge is 0.577 e. The van der Waals surface area contributed by atoms with Crippen LogP contribution in [0.4, 0.5) is 0 Å². The molecule has 0 radical (unpaired) electrons. The highest BCUT2D eigenvalue weighted by Crippen LogP contribution is 2.57. The van der Waals surface area contributed by atoms with Gasteiger partial charge in [-0.2, -0.15) is 0 Å². The predicted molar refractivity (Wildman–Crippen MR) is 139 cm³/mol. The molecule has 0 unspecified atom stereocenters. The third kappa shape index (κ3) is 5.58. The number of hydrogen-bond acceptors (Lipinski definition) is 4. The van der Waals surface area contributed by atoms with Gasteiger partial charge < -0.3 is 13.3 Å². The van der Waals surface area contributed by atoms with E-state index in [0.717, 1.165) is 0 Å². The minimum Gasteiger partial charge on any atom is -0.396 e. The lowest BCUT2D eigenvalue weighted by molar-refractivity contribution is 0.295. The fourth-order valence-electron chi connectivity index (χ4n) is 4.55. The molecule has 0 amide bonds. The first-order chi connectivity index (χ1) is 13.6. The maximum atomic E-state index is 14.0. The van der Waals surface area contributed by atoms with E-state index < -0.39 is 32.3 Å². The summed E-state index contributed by atoms with van der Waals surface area (Å²) in [5, 5.41) is 0. The molecule has 0 spiro atoms. The van der Waals surface area contributed by atoms with Crippen molar-refractivity contribution in [1.29, 1.82) is 0 Å². The molecule has 0 heterocycles. The average Bonchev–Trinajstić information content (AvgIpc) is 2.59. The Balaban J connectivity index is 2.51. The number of rotatable bonds is 9. The first-order valence-electron chi connectivity index (χ1n) is 10.1. The fourth-order valence-corrected chi connectivity index (χ4v) is 33.3. The first kappa shape index (κ1) is 25.6. The van der Waals surface area contributed by atoms with E-state index in [1.807, 2.05) is 36.4 Å². The van der Waals surface area contributed by atoms with Gasteiger partial charge in [0.1, 0.15) is 11.5 Å². The normalized spacial score (nSPS) is 13.8. The van der Waals surface area contributed by atoms with Crippen molar-refractivity contribution in [2.75, 3.05) is 0 Å². The summed E-state index contributed by atoms with van der Waals surface area (Å²) >= 11 is 4.20. The Morgan fingerprint density at radius 2 is 1.03 bits per heavy atom. The molecular weight excluding hydrogens is 511 g/mol.